The van der Waals surface area contributed by atoms with E-state index in [0.29, 0.717) is 9.59 Å². The minimum absolute atomic E-state index is 0.0590. The Morgan fingerprint density at radius 3 is 2.35 bits per heavy atom. The van der Waals surface area contributed by atoms with Gasteiger partial charge in [-0.15, -0.1) is 10.2 Å². The third-order valence-electron chi connectivity index (χ3n) is 5.43. The van der Waals surface area contributed by atoms with Crippen molar-refractivity contribution in [3.63, 3.8) is 0 Å². The molecule has 40 heavy (non-hydrogen) atoms. The maximum Gasteiger partial charge on any atom is 0.416 e. The lowest BCUT2D eigenvalue weighted by atomic mass is 10.1. The molecule has 4 aromatic rings. The van der Waals surface area contributed by atoms with Crippen LogP contribution in [0.5, 0.6) is 0 Å². The first-order valence-electron chi connectivity index (χ1n) is 11.3. The van der Waals surface area contributed by atoms with Crippen LogP contribution in [-0.4, -0.2) is 65.1 Å². The molecule has 0 aliphatic carbocycles. The average Bonchev–Trinajstić information content (AvgIpc) is 3.47. The maximum atomic E-state index is 13.1. The molecule has 1 amide bonds. The molecule has 17 heteroatoms. The van der Waals surface area contributed by atoms with Gasteiger partial charge in [0, 0.05) is 10.6 Å². The van der Waals surface area contributed by atoms with Crippen molar-refractivity contribution in [1.29, 1.82) is 0 Å². The molecule has 0 spiro atoms. The van der Waals surface area contributed by atoms with Gasteiger partial charge >= 0.3 is 18.0 Å². The van der Waals surface area contributed by atoms with Crippen LogP contribution in [0.4, 0.5) is 26.3 Å². The van der Waals surface area contributed by atoms with Gasteiger partial charge in [-0.2, -0.15) is 26.3 Å². The number of aliphatic hydroxyl groups is 1. The smallest absolute Gasteiger partial charge is 0.382 e. The Kier molecular flexibility index (Phi) is 8.02. The molecule has 4 rings (SSSR count). The highest BCUT2D eigenvalue weighted by atomic mass is 35.5. The van der Waals surface area contributed by atoms with E-state index in [2.05, 4.69) is 15.2 Å². The van der Waals surface area contributed by atoms with Gasteiger partial charge in [-0.05, 0) is 36.4 Å². The van der Waals surface area contributed by atoms with E-state index in [9.17, 15) is 41.0 Å². The van der Waals surface area contributed by atoms with Crippen LogP contribution in [0.3, 0.4) is 0 Å². The first-order valence-corrected chi connectivity index (χ1v) is 11.6. The molecule has 0 fully saturated rings. The summed E-state index contributed by atoms with van der Waals surface area (Å²) in [5, 5.41) is 19.9. The summed E-state index contributed by atoms with van der Waals surface area (Å²) in [6.45, 7) is -3.11. The number of amides is 1. The van der Waals surface area contributed by atoms with Gasteiger partial charge in [0.05, 0.1) is 17.8 Å². The summed E-state index contributed by atoms with van der Waals surface area (Å²) in [5.41, 5.74) is -0.826. The molecule has 0 saturated carbocycles. The molecule has 0 aliphatic heterocycles. The summed E-state index contributed by atoms with van der Waals surface area (Å²) < 4.78 is 79.3. The van der Waals surface area contributed by atoms with Crippen molar-refractivity contribution >= 4 is 17.5 Å². The van der Waals surface area contributed by atoms with Gasteiger partial charge < -0.3 is 10.4 Å². The standard InChI is InChI=1S/C23H18ClF6N7O3/c24-14-7-5-13(6-8-14)19-34-36(21(40)35(19)9-17(38)23(28,29)30)10-18-32-12-37(33-18)16-4-2-1-3-15(16)20(39)31-11-22(25,26)27/h1-8,12,17,38H,9-11H2,(H,31,39). The van der Waals surface area contributed by atoms with E-state index in [1.807, 2.05) is 0 Å². The fraction of sp³-hybridized carbons (Fsp3) is 0.261. The highest BCUT2D eigenvalue weighted by molar-refractivity contribution is 6.30. The molecule has 0 bridgehead atoms. The largest absolute Gasteiger partial charge is 0.416 e. The van der Waals surface area contributed by atoms with Crippen molar-refractivity contribution in [2.24, 2.45) is 0 Å². The van der Waals surface area contributed by atoms with Crippen LogP contribution in [-0.2, 0) is 13.1 Å². The Bertz CT molecular complexity index is 1560. The Labute approximate surface area is 225 Å². The topological polar surface area (TPSA) is 120 Å². The first-order chi connectivity index (χ1) is 18.7. The minimum atomic E-state index is -5.00. The molecule has 1 unspecified atom stereocenters. The highest BCUT2D eigenvalue weighted by Crippen LogP contribution is 2.24. The monoisotopic (exact) mass is 589 g/mol. The molecule has 0 aliphatic rings. The number of hydrogen-bond acceptors (Lipinski definition) is 6. The summed E-state index contributed by atoms with van der Waals surface area (Å²) in [7, 11) is 0. The summed E-state index contributed by atoms with van der Waals surface area (Å²) in [5.74, 6) is -1.26. The second-order valence-corrected chi connectivity index (χ2v) is 8.80. The summed E-state index contributed by atoms with van der Waals surface area (Å²) in [6, 6.07) is 11.4. The van der Waals surface area contributed by atoms with Crippen LogP contribution in [0.1, 0.15) is 16.2 Å². The van der Waals surface area contributed by atoms with Crippen LogP contribution < -0.4 is 11.0 Å². The van der Waals surface area contributed by atoms with E-state index in [1.54, 1.807) is 5.32 Å². The molecule has 1 atom stereocenters. The fourth-order valence-corrected chi connectivity index (χ4v) is 3.68. The number of alkyl halides is 6. The van der Waals surface area contributed by atoms with Crippen molar-refractivity contribution in [2.75, 3.05) is 6.54 Å². The average molecular weight is 590 g/mol. The van der Waals surface area contributed by atoms with Gasteiger partial charge in [-0.25, -0.2) is 19.1 Å². The van der Waals surface area contributed by atoms with Crippen molar-refractivity contribution in [3.05, 3.63) is 81.8 Å². The molecule has 212 valence electrons. The van der Waals surface area contributed by atoms with Crippen LogP contribution >= 0.6 is 11.6 Å². The lowest BCUT2D eigenvalue weighted by Crippen LogP contribution is -2.37. The highest BCUT2D eigenvalue weighted by Gasteiger charge is 2.39. The third kappa shape index (κ3) is 6.69. The third-order valence-corrected chi connectivity index (χ3v) is 5.69. The molecule has 0 saturated heterocycles. The van der Waals surface area contributed by atoms with Crippen LogP contribution in [0.15, 0.2) is 59.7 Å². The van der Waals surface area contributed by atoms with E-state index < -0.39 is 49.7 Å². The number of nitrogens with one attached hydrogen (secondary N) is 1. The zero-order valence-electron chi connectivity index (χ0n) is 20.0. The van der Waals surface area contributed by atoms with Crippen molar-refractivity contribution in [1.82, 2.24) is 34.4 Å². The molecule has 0 radical (unpaired) electrons. The minimum Gasteiger partial charge on any atom is -0.382 e. The van der Waals surface area contributed by atoms with Crippen LogP contribution in [0.2, 0.25) is 5.02 Å². The number of benzene rings is 2. The second-order valence-electron chi connectivity index (χ2n) is 8.36. The number of nitrogens with zero attached hydrogens (tertiary/aromatic N) is 6. The number of rotatable bonds is 8. The molecule has 2 heterocycles. The number of aromatic nitrogens is 6. The fourth-order valence-electron chi connectivity index (χ4n) is 3.56. The molecular formula is C23H18ClF6N7O3. The molecule has 2 aromatic carbocycles. The lowest BCUT2D eigenvalue weighted by molar-refractivity contribution is -0.207. The normalized spacial score (nSPS) is 12.9. The maximum absolute atomic E-state index is 13.1. The van der Waals surface area contributed by atoms with E-state index in [0.717, 1.165) is 15.7 Å². The number of hydrogen-bond donors (Lipinski definition) is 2. The Morgan fingerprint density at radius 1 is 1.02 bits per heavy atom. The predicted molar refractivity (Wildman–Crippen MR) is 128 cm³/mol. The number of carbonyl (C=O) groups excluding carboxylic acids is 1. The van der Waals surface area contributed by atoms with Gasteiger partial charge in [-0.1, -0.05) is 23.7 Å². The van der Waals surface area contributed by atoms with Crippen molar-refractivity contribution in [3.8, 4) is 17.1 Å². The Balaban J connectivity index is 1.65. The van der Waals surface area contributed by atoms with Gasteiger partial charge in [0.1, 0.15) is 19.4 Å². The van der Waals surface area contributed by atoms with Gasteiger partial charge in [-0.3, -0.25) is 9.36 Å². The molecular weight excluding hydrogens is 572 g/mol. The number of aliphatic hydroxyl groups excluding tert-OH is 1. The van der Waals surface area contributed by atoms with Crippen LogP contribution in [0, 0.1) is 0 Å². The summed E-state index contributed by atoms with van der Waals surface area (Å²) in [6.07, 6.45) is -11.3. The van der Waals surface area contributed by atoms with Gasteiger partial charge in [0.2, 0.25) is 0 Å². The Hall–Kier alpha value is -4.18. The lowest BCUT2D eigenvalue weighted by Gasteiger charge is -2.15. The number of carbonyl (C=O) groups is 1. The quantitative estimate of drug-likeness (QED) is 0.305. The number of para-hydroxylation sites is 1. The van der Waals surface area contributed by atoms with E-state index >= 15 is 0 Å². The SMILES string of the molecule is O=C(NCC(F)(F)F)c1ccccc1-n1cnc(Cn2nc(-c3ccc(Cl)cc3)n(CC(O)C(F)(F)F)c2=O)n1. The number of halogens is 7. The van der Waals surface area contributed by atoms with Gasteiger partial charge in [0.15, 0.2) is 17.8 Å². The van der Waals surface area contributed by atoms with Gasteiger partial charge in [0.25, 0.3) is 5.91 Å². The molecule has 2 aromatic heterocycles. The second kappa shape index (κ2) is 11.1. The first kappa shape index (κ1) is 28.8. The van der Waals surface area contributed by atoms with E-state index in [1.165, 1.54) is 48.5 Å². The summed E-state index contributed by atoms with van der Waals surface area (Å²) in [4.78, 5) is 29.4. The zero-order chi connectivity index (χ0) is 29.2. The van der Waals surface area contributed by atoms with Crippen molar-refractivity contribution < 1.29 is 36.2 Å². The molecule has 2 N–H and O–H groups in total. The zero-order valence-corrected chi connectivity index (χ0v) is 20.7. The summed E-state index contributed by atoms with van der Waals surface area (Å²) >= 11 is 5.87. The van der Waals surface area contributed by atoms with Crippen LogP contribution in [0.25, 0.3) is 17.1 Å². The molecule has 10 nitrogen and oxygen atoms in total. The predicted octanol–water partition coefficient (Wildman–Crippen LogP) is 3.21. The van der Waals surface area contributed by atoms with Crippen molar-refractivity contribution in [2.45, 2.75) is 31.5 Å². The Morgan fingerprint density at radius 2 is 1.70 bits per heavy atom. The van der Waals surface area contributed by atoms with E-state index in [4.69, 9.17) is 11.6 Å². The van der Waals surface area contributed by atoms with E-state index in [-0.39, 0.29) is 28.5 Å².